The number of nitrogens with one attached hydrogen (secondary N) is 1. The number of likely N-dealkylation sites (N-methyl/N-ethyl adjacent to an activating group) is 1. The predicted octanol–water partition coefficient (Wildman–Crippen LogP) is 4.38. The lowest BCUT2D eigenvalue weighted by Crippen LogP contribution is -2.31. The van der Waals surface area contributed by atoms with Crippen molar-refractivity contribution < 1.29 is 28.2 Å². The summed E-state index contributed by atoms with van der Waals surface area (Å²) in [7, 11) is 1.58. The number of nitrogens with zero attached hydrogens (tertiary/aromatic N) is 1. The van der Waals surface area contributed by atoms with Gasteiger partial charge in [0.05, 0.1) is 12.1 Å². The van der Waals surface area contributed by atoms with Crippen LogP contribution < -0.4 is 10.1 Å². The second kappa shape index (κ2) is 9.91. The first kappa shape index (κ1) is 22.7. The summed E-state index contributed by atoms with van der Waals surface area (Å²) in [6, 6.07) is 13.9. The number of phenolic OH excluding ortho intramolecular Hbond substituents is 1. The third-order valence-corrected chi connectivity index (χ3v) is 4.74. The fourth-order valence-electron chi connectivity index (χ4n) is 3.00. The normalized spacial score (nSPS) is 10.5. The Hall–Kier alpha value is -3.94. The van der Waals surface area contributed by atoms with Gasteiger partial charge in [-0.05, 0) is 42.8 Å². The lowest BCUT2D eigenvalue weighted by atomic mass is 10.1. The minimum Gasteiger partial charge on any atom is -0.507 e. The highest BCUT2D eigenvalue weighted by molar-refractivity contribution is 6.05. The number of para-hydroxylation sites is 1. The number of hydrogen-bond donors (Lipinski definition) is 2. The van der Waals surface area contributed by atoms with Crippen LogP contribution in [0, 0.1) is 18.6 Å². The molecule has 0 unspecified atom stereocenters. The highest BCUT2D eigenvalue weighted by Crippen LogP contribution is 2.24. The van der Waals surface area contributed by atoms with Crippen molar-refractivity contribution in [3.8, 4) is 11.5 Å². The van der Waals surface area contributed by atoms with Crippen LogP contribution in [0.1, 0.15) is 26.3 Å². The molecule has 8 heteroatoms. The maximum atomic E-state index is 13.3. The van der Waals surface area contributed by atoms with E-state index in [0.717, 1.165) is 23.4 Å². The van der Waals surface area contributed by atoms with E-state index >= 15 is 0 Å². The molecule has 0 aliphatic carbocycles. The summed E-state index contributed by atoms with van der Waals surface area (Å²) in [6.07, 6.45) is 0. The summed E-state index contributed by atoms with van der Waals surface area (Å²) in [6.45, 7) is 2.48. The van der Waals surface area contributed by atoms with Gasteiger partial charge in [0.25, 0.3) is 11.8 Å². The van der Waals surface area contributed by atoms with Gasteiger partial charge >= 0.3 is 0 Å². The van der Waals surface area contributed by atoms with E-state index in [9.17, 15) is 23.5 Å². The molecule has 0 aliphatic heterocycles. The topological polar surface area (TPSA) is 78.9 Å². The number of carbonyl (C=O) groups excluding carboxylic acids is 2. The second-order valence-corrected chi connectivity index (χ2v) is 7.18. The monoisotopic (exact) mass is 440 g/mol. The van der Waals surface area contributed by atoms with E-state index in [1.807, 2.05) is 31.2 Å². The number of rotatable bonds is 7. The average molecular weight is 440 g/mol. The molecule has 3 aromatic rings. The summed E-state index contributed by atoms with van der Waals surface area (Å²) in [5.41, 5.74) is 0.978. The zero-order valence-electron chi connectivity index (χ0n) is 17.6. The van der Waals surface area contributed by atoms with Gasteiger partial charge in [-0.2, -0.15) is 0 Å². The minimum absolute atomic E-state index is 0.0400. The molecule has 0 atom stereocenters. The van der Waals surface area contributed by atoms with Crippen LogP contribution in [0.2, 0.25) is 0 Å². The fourth-order valence-corrected chi connectivity index (χ4v) is 3.00. The zero-order valence-corrected chi connectivity index (χ0v) is 17.6. The van der Waals surface area contributed by atoms with Gasteiger partial charge in [0.1, 0.15) is 29.7 Å². The molecule has 3 aromatic carbocycles. The molecule has 0 heterocycles. The van der Waals surface area contributed by atoms with Crippen LogP contribution >= 0.6 is 0 Å². The van der Waals surface area contributed by atoms with Gasteiger partial charge in [-0.15, -0.1) is 0 Å². The average Bonchev–Trinajstić information content (AvgIpc) is 2.74. The van der Waals surface area contributed by atoms with Crippen LogP contribution in [0.4, 0.5) is 14.5 Å². The van der Waals surface area contributed by atoms with Crippen molar-refractivity contribution in [2.75, 3.05) is 25.5 Å². The van der Waals surface area contributed by atoms with Crippen LogP contribution in [0.3, 0.4) is 0 Å². The number of carbonyl (C=O) groups is 2. The third kappa shape index (κ3) is 5.60. The molecule has 32 heavy (non-hydrogen) atoms. The van der Waals surface area contributed by atoms with E-state index in [0.29, 0.717) is 6.07 Å². The highest BCUT2D eigenvalue weighted by atomic mass is 19.1. The van der Waals surface area contributed by atoms with Gasteiger partial charge < -0.3 is 20.1 Å². The highest BCUT2D eigenvalue weighted by Gasteiger charge is 2.17. The first-order valence-corrected chi connectivity index (χ1v) is 9.79. The van der Waals surface area contributed by atoms with Crippen LogP contribution in [0.15, 0.2) is 60.7 Å². The molecular formula is C24H22F2N2O4. The summed E-state index contributed by atoms with van der Waals surface area (Å²) in [5, 5.41) is 12.7. The molecule has 3 rings (SSSR count). The molecule has 166 valence electrons. The number of benzene rings is 3. The first-order chi connectivity index (χ1) is 15.2. The van der Waals surface area contributed by atoms with Crippen molar-refractivity contribution in [3.63, 3.8) is 0 Å². The minimum atomic E-state index is -0.881. The molecule has 0 spiro atoms. The van der Waals surface area contributed by atoms with Crippen molar-refractivity contribution in [1.82, 2.24) is 4.90 Å². The zero-order chi connectivity index (χ0) is 23.3. The fraction of sp³-hybridized carbons (Fsp3) is 0.167. The van der Waals surface area contributed by atoms with Gasteiger partial charge in [0, 0.05) is 30.4 Å². The van der Waals surface area contributed by atoms with Crippen molar-refractivity contribution in [1.29, 1.82) is 0 Å². The Bertz CT molecular complexity index is 1130. The van der Waals surface area contributed by atoms with E-state index in [1.54, 1.807) is 7.05 Å². The van der Waals surface area contributed by atoms with Crippen molar-refractivity contribution >= 4 is 17.5 Å². The van der Waals surface area contributed by atoms with Gasteiger partial charge in [0.15, 0.2) is 0 Å². The maximum absolute atomic E-state index is 13.3. The number of aryl methyl sites for hydroxylation is 1. The molecular weight excluding hydrogens is 418 g/mol. The lowest BCUT2D eigenvalue weighted by molar-refractivity contribution is 0.0770. The number of anilines is 1. The molecule has 0 fully saturated rings. The maximum Gasteiger partial charge on any atom is 0.257 e. The van der Waals surface area contributed by atoms with E-state index < -0.39 is 23.4 Å². The number of amides is 2. The van der Waals surface area contributed by atoms with Gasteiger partial charge in [-0.25, -0.2) is 8.78 Å². The van der Waals surface area contributed by atoms with E-state index in [4.69, 9.17) is 4.74 Å². The molecule has 0 saturated carbocycles. The Morgan fingerprint density at radius 1 is 1.03 bits per heavy atom. The van der Waals surface area contributed by atoms with Crippen molar-refractivity contribution in [3.05, 3.63) is 89.0 Å². The molecule has 0 radical (unpaired) electrons. The van der Waals surface area contributed by atoms with E-state index in [1.165, 1.54) is 23.1 Å². The molecule has 2 amide bonds. The smallest absolute Gasteiger partial charge is 0.257 e. The SMILES string of the molecule is Cc1ccccc1OCCN(C)C(=O)c1ccc(NC(=O)c2cc(F)cc(F)c2)cc1O. The largest absolute Gasteiger partial charge is 0.507 e. The second-order valence-electron chi connectivity index (χ2n) is 7.18. The quantitative estimate of drug-likeness (QED) is 0.572. The van der Waals surface area contributed by atoms with Crippen molar-refractivity contribution in [2.45, 2.75) is 6.92 Å². The Kier molecular flexibility index (Phi) is 7.04. The molecule has 2 N–H and O–H groups in total. The molecule has 0 aliphatic rings. The number of hydrogen-bond acceptors (Lipinski definition) is 4. The molecule has 0 aromatic heterocycles. The number of phenols is 1. The van der Waals surface area contributed by atoms with E-state index in [2.05, 4.69) is 5.32 Å². The summed E-state index contributed by atoms with van der Waals surface area (Å²) in [4.78, 5) is 26.2. The van der Waals surface area contributed by atoms with Gasteiger partial charge in [-0.1, -0.05) is 18.2 Å². The predicted molar refractivity (Wildman–Crippen MR) is 116 cm³/mol. The van der Waals surface area contributed by atoms with Crippen molar-refractivity contribution in [2.24, 2.45) is 0 Å². The van der Waals surface area contributed by atoms with Crippen LogP contribution in [0.5, 0.6) is 11.5 Å². The van der Waals surface area contributed by atoms with Crippen LogP contribution in [0.25, 0.3) is 0 Å². The Morgan fingerprint density at radius 2 is 1.72 bits per heavy atom. The van der Waals surface area contributed by atoms with Gasteiger partial charge in [-0.3, -0.25) is 9.59 Å². The molecule has 0 bridgehead atoms. The molecule has 6 nitrogen and oxygen atoms in total. The first-order valence-electron chi connectivity index (χ1n) is 9.79. The summed E-state index contributed by atoms with van der Waals surface area (Å²) >= 11 is 0. The van der Waals surface area contributed by atoms with Crippen LogP contribution in [-0.4, -0.2) is 42.0 Å². The number of halogens is 2. The Balaban J connectivity index is 1.61. The summed E-state index contributed by atoms with van der Waals surface area (Å²) < 4.78 is 32.3. The van der Waals surface area contributed by atoms with Crippen LogP contribution in [-0.2, 0) is 0 Å². The molecule has 0 saturated heterocycles. The standard InChI is InChI=1S/C24H22F2N2O4/c1-15-5-3-4-6-22(15)32-10-9-28(2)24(31)20-8-7-19(14-21(20)29)27-23(30)16-11-17(25)13-18(26)12-16/h3-8,11-14,29H,9-10H2,1-2H3,(H,27,30). The number of ether oxygens (including phenoxy) is 1. The lowest BCUT2D eigenvalue weighted by Gasteiger charge is -2.19. The Morgan fingerprint density at radius 3 is 2.38 bits per heavy atom. The summed E-state index contributed by atoms with van der Waals surface area (Å²) in [5.74, 6) is -2.56. The van der Waals surface area contributed by atoms with E-state index in [-0.39, 0.29) is 35.7 Å². The van der Waals surface area contributed by atoms with Gasteiger partial charge in [0.2, 0.25) is 0 Å². The number of aromatic hydroxyl groups is 1. The Labute approximate surface area is 184 Å². The third-order valence-electron chi connectivity index (χ3n) is 4.74.